The monoisotopic (exact) mass is 405 g/mol. The highest BCUT2D eigenvalue weighted by molar-refractivity contribution is 5.86. The number of methoxy groups -OCH3 is 1. The molecule has 1 saturated heterocycles. The van der Waals surface area contributed by atoms with Gasteiger partial charge in [0.05, 0.1) is 12.0 Å². The fraction of sp³-hybridized carbons (Fsp3) is 0.591. The molecule has 1 aliphatic heterocycles. The molecule has 0 aromatic heterocycles. The molecule has 2 rings (SSSR count). The number of carbonyl (C=O) groups excluding carboxylic acids is 3. The van der Waals surface area contributed by atoms with Crippen LogP contribution in [0.1, 0.15) is 38.7 Å². The molecule has 1 aliphatic rings. The summed E-state index contributed by atoms with van der Waals surface area (Å²) in [6.07, 6.45) is 1.69. The van der Waals surface area contributed by atoms with E-state index in [0.717, 1.165) is 12.0 Å². The van der Waals surface area contributed by atoms with E-state index in [-0.39, 0.29) is 43.5 Å². The van der Waals surface area contributed by atoms with Crippen LogP contribution in [0.5, 0.6) is 0 Å². The van der Waals surface area contributed by atoms with E-state index in [1.54, 1.807) is 14.0 Å². The highest BCUT2D eigenvalue weighted by Crippen LogP contribution is 2.17. The van der Waals surface area contributed by atoms with Crippen LogP contribution in [0.25, 0.3) is 0 Å². The molecule has 0 aliphatic carbocycles. The molecule has 0 spiro atoms. The average molecular weight is 405 g/mol. The fourth-order valence-electron chi connectivity index (χ4n) is 3.21. The van der Waals surface area contributed by atoms with Gasteiger partial charge in [-0.15, -0.1) is 0 Å². The lowest BCUT2D eigenvalue weighted by atomic mass is 9.98. The average Bonchev–Trinajstić information content (AvgIpc) is 2.72. The minimum atomic E-state index is -0.832. The zero-order valence-electron chi connectivity index (χ0n) is 17.4. The minimum absolute atomic E-state index is 0.0198. The van der Waals surface area contributed by atoms with Crippen LogP contribution >= 0.6 is 0 Å². The number of carbonyl (C=O) groups is 3. The first kappa shape index (κ1) is 22.9. The van der Waals surface area contributed by atoms with Gasteiger partial charge in [0.1, 0.15) is 19.3 Å². The molecule has 1 aromatic rings. The summed E-state index contributed by atoms with van der Waals surface area (Å²) in [5.41, 5.74) is 0.906. The van der Waals surface area contributed by atoms with Crippen molar-refractivity contribution in [3.63, 3.8) is 0 Å². The van der Waals surface area contributed by atoms with E-state index in [4.69, 9.17) is 14.2 Å². The summed E-state index contributed by atoms with van der Waals surface area (Å²) in [5.74, 6) is -1.65. The molecule has 1 aromatic carbocycles. The first-order valence-corrected chi connectivity index (χ1v) is 10.1. The van der Waals surface area contributed by atoms with Crippen molar-refractivity contribution >= 4 is 17.8 Å². The van der Waals surface area contributed by atoms with Crippen molar-refractivity contribution in [1.82, 2.24) is 5.32 Å². The second-order valence-corrected chi connectivity index (χ2v) is 7.61. The minimum Gasteiger partial charge on any atom is -0.465 e. The number of nitrogens with one attached hydrogen (secondary N) is 1. The van der Waals surface area contributed by atoms with Gasteiger partial charge in [0.25, 0.3) is 0 Å². The second-order valence-electron chi connectivity index (χ2n) is 7.61. The Hall–Kier alpha value is -2.41. The SMILES string of the molecule is CO[C@@H]1COC(=O)[C@H](Cc2ccccc2)NC(=O)[C@@H](C)COC(=O)CCC[C@H]1C. The largest absolute Gasteiger partial charge is 0.465 e. The molecule has 160 valence electrons. The maximum Gasteiger partial charge on any atom is 0.329 e. The van der Waals surface area contributed by atoms with Gasteiger partial charge < -0.3 is 19.5 Å². The standard InChI is InChI=1S/C22H31NO6/c1-15-8-7-11-20(24)28-13-16(2)21(25)23-18(12-17-9-5-4-6-10-17)22(26)29-14-19(15)27-3/h4-6,9-10,15-16,18-19H,7-8,11-14H2,1-3H3,(H,23,25)/t15-,16+,18+,19-/m1/s1. The van der Waals surface area contributed by atoms with E-state index in [9.17, 15) is 14.4 Å². The first-order chi connectivity index (χ1) is 13.9. The number of rotatable bonds is 3. The molecule has 29 heavy (non-hydrogen) atoms. The maximum absolute atomic E-state index is 12.8. The van der Waals surface area contributed by atoms with Crippen molar-refractivity contribution < 1.29 is 28.6 Å². The zero-order valence-corrected chi connectivity index (χ0v) is 17.4. The van der Waals surface area contributed by atoms with E-state index in [1.165, 1.54) is 0 Å². The van der Waals surface area contributed by atoms with Crippen molar-refractivity contribution in [1.29, 1.82) is 0 Å². The van der Waals surface area contributed by atoms with Gasteiger partial charge in [-0.2, -0.15) is 0 Å². The number of cyclic esters (lactones) is 2. The molecule has 1 amide bonds. The van der Waals surface area contributed by atoms with Gasteiger partial charge >= 0.3 is 11.9 Å². The summed E-state index contributed by atoms with van der Waals surface area (Å²) in [6.45, 7) is 3.73. The quantitative estimate of drug-likeness (QED) is 0.776. The van der Waals surface area contributed by atoms with Crippen LogP contribution in [0, 0.1) is 11.8 Å². The van der Waals surface area contributed by atoms with Crippen LogP contribution in [0.3, 0.4) is 0 Å². The summed E-state index contributed by atoms with van der Waals surface area (Å²) in [6, 6.07) is 8.58. The highest BCUT2D eigenvalue weighted by atomic mass is 16.6. The van der Waals surface area contributed by atoms with Crippen molar-refractivity contribution in [2.75, 3.05) is 20.3 Å². The molecule has 4 atom stereocenters. The van der Waals surface area contributed by atoms with E-state index < -0.39 is 17.9 Å². The molecule has 0 bridgehead atoms. The Labute approximate surface area is 172 Å². The topological polar surface area (TPSA) is 90.9 Å². The summed E-state index contributed by atoms with van der Waals surface area (Å²) >= 11 is 0. The number of ether oxygens (including phenoxy) is 3. The predicted molar refractivity (Wildman–Crippen MR) is 107 cm³/mol. The van der Waals surface area contributed by atoms with E-state index >= 15 is 0 Å². The number of hydrogen-bond donors (Lipinski definition) is 1. The first-order valence-electron chi connectivity index (χ1n) is 10.1. The van der Waals surface area contributed by atoms with Gasteiger partial charge in [0.15, 0.2) is 0 Å². The van der Waals surface area contributed by atoms with Crippen LogP contribution in [0.4, 0.5) is 0 Å². The molecular weight excluding hydrogens is 374 g/mol. The zero-order chi connectivity index (χ0) is 21.2. The second kappa shape index (κ2) is 11.6. The van der Waals surface area contributed by atoms with Gasteiger partial charge in [-0.05, 0) is 24.3 Å². The number of esters is 2. The van der Waals surface area contributed by atoms with Crippen LogP contribution < -0.4 is 5.32 Å². The molecule has 0 unspecified atom stereocenters. The molecule has 0 saturated carbocycles. The van der Waals surface area contributed by atoms with Crippen molar-refractivity contribution in [2.45, 2.75) is 51.7 Å². The molecular formula is C22H31NO6. The van der Waals surface area contributed by atoms with E-state index in [1.807, 2.05) is 37.3 Å². The Balaban J connectivity index is 2.16. The molecule has 7 heteroatoms. The van der Waals surface area contributed by atoms with Crippen LogP contribution in [0.15, 0.2) is 30.3 Å². The normalized spacial score (nSPS) is 27.8. The fourth-order valence-corrected chi connectivity index (χ4v) is 3.21. The maximum atomic E-state index is 12.8. The third-order valence-corrected chi connectivity index (χ3v) is 5.19. The van der Waals surface area contributed by atoms with E-state index in [2.05, 4.69) is 5.32 Å². The summed E-state index contributed by atoms with van der Waals surface area (Å²) in [4.78, 5) is 37.2. The number of hydrogen-bond acceptors (Lipinski definition) is 6. The Morgan fingerprint density at radius 3 is 2.48 bits per heavy atom. The Bertz CT molecular complexity index is 677. The van der Waals surface area contributed by atoms with Crippen LogP contribution in [0.2, 0.25) is 0 Å². The Morgan fingerprint density at radius 1 is 1.07 bits per heavy atom. The molecule has 7 nitrogen and oxygen atoms in total. The third kappa shape index (κ3) is 7.49. The van der Waals surface area contributed by atoms with E-state index in [0.29, 0.717) is 12.8 Å². The Morgan fingerprint density at radius 2 is 1.79 bits per heavy atom. The van der Waals surface area contributed by atoms with Gasteiger partial charge in [-0.3, -0.25) is 9.59 Å². The van der Waals surface area contributed by atoms with Gasteiger partial charge in [-0.25, -0.2) is 4.79 Å². The predicted octanol–water partition coefficient (Wildman–Crippen LogP) is 2.27. The van der Waals surface area contributed by atoms with Gasteiger partial charge in [0, 0.05) is 20.0 Å². The summed E-state index contributed by atoms with van der Waals surface area (Å²) in [5, 5.41) is 2.75. The molecule has 0 radical (unpaired) electrons. The number of benzene rings is 1. The third-order valence-electron chi connectivity index (χ3n) is 5.19. The van der Waals surface area contributed by atoms with Crippen molar-refractivity contribution in [3.8, 4) is 0 Å². The lowest BCUT2D eigenvalue weighted by Gasteiger charge is -2.24. The van der Waals surface area contributed by atoms with Gasteiger partial charge in [-0.1, -0.05) is 44.2 Å². The van der Waals surface area contributed by atoms with Crippen molar-refractivity contribution in [3.05, 3.63) is 35.9 Å². The van der Waals surface area contributed by atoms with Crippen molar-refractivity contribution in [2.24, 2.45) is 11.8 Å². The van der Waals surface area contributed by atoms with Crippen LogP contribution in [-0.2, 0) is 35.0 Å². The number of amides is 1. The summed E-state index contributed by atoms with van der Waals surface area (Å²) < 4.78 is 16.2. The lowest BCUT2D eigenvalue weighted by Crippen LogP contribution is -2.46. The molecule has 1 heterocycles. The lowest BCUT2D eigenvalue weighted by molar-refractivity contribution is -0.153. The molecule has 1 N–H and O–H groups in total. The molecule has 1 fully saturated rings. The highest BCUT2D eigenvalue weighted by Gasteiger charge is 2.28. The van der Waals surface area contributed by atoms with Gasteiger partial charge in [0.2, 0.25) is 5.91 Å². The smallest absolute Gasteiger partial charge is 0.329 e. The van der Waals surface area contributed by atoms with Crippen LogP contribution in [-0.4, -0.2) is 50.3 Å². The summed E-state index contributed by atoms with van der Waals surface area (Å²) in [7, 11) is 1.57. The Kier molecular flexibility index (Phi) is 9.12.